The zero-order chi connectivity index (χ0) is 14.3. The van der Waals surface area contributed by atoms with Gasteiger partial charge in [-0.15, -0.1) is 0 Å². The molecule has 0 aliphatic carbocycles. The summed E-state index contributed by atoms with van der Waals surface area (Å²) in [6.45, 7) is 4.06. The number of ether oxygens (including phenoxy) is 2. The van der Waals surface area contributed by atoms with Crippen LogP contribution >= 0.6 is 0 Å². The lowest BCUT2D eigenvalue weighted by Gasteiger charge is -2.12. The monoisotopic (exact) mass is 265 g/mol. The molecule has 1 atom stereocenters. The standard InChI is InChI=1S/C15H23NO3/c1-5-11(2)16-15(17)9-7-12-6-8-13(18-3)14(10-12)19-4/h6,8,10-11H,5,7,9H2,1-4H3,(H,16,17)/t11-/m1/s1. The molecule has 0 aliphatic rings. The van der Waals surface area contributed by atoms with Crippen LogP contribution in [-0.4, -0.2) is 26.2 Å². The summed E-state index contributed by atoms with van der Waals surface area (Å²) in [5, 5.41) is 2.96. The largest absolute Gasteiger partial charge is 0.493 e. The fourth-order valence-corrected chi connectivity index (χ4v) is 1.74. The topological polar surface area (TPSA) is 47.6 Å². The Kier molecular flexibility index (Phi) is 6.19. The van der Waals surface area contributed by atoms with Gasteiger partial charge in [-0.2, -0.15) is 0 Å². The lowest BCUT2D eigenvalue weighted by molar-refractivity contribution is -0.121. The third kappa shape index (κ3) is 4.81. The summed E-state index contributed by atoms with van der Waals surface area (Å²) in [5.41, 5.74) is 1.07. The molecule has 4 heteroatoms. The number of nitrogens with one attached hydrogen (secondary N) is 1. The molecule has 19 heavy (non-hydrogen) atoms. The highest BCUT2D eigenvalue weighted by Gasteiger charge is 2.08. The highest BCUT2D eigenvalue weighted by molar-refractivity contribution is 5.76. The number of rotatable bonds is 7. The van der Waals surface area contributed by atoms with Crippen molar-refractivity contribution in [2.45, 2.75) is 39.2 Å². The van der Waals surface area contributed by atoms with Crippen molar-refractivity contribution in [3.05, 3.63) is 23.8 Å². The van der Waals surface area contributed by atoms with Gasteiger partial charge in [0.1, 0.15) is 0 Å². The van der Waals surface area contributed by atoms with Gasteiger partial charge < -0.3 is 14.8 Å². The molecule has 1 aromatic rings. The zero-order valence-corrected chi connectivity index (χ0v) is 12.2. The Morgan fingerprint density at radius 1 is 1.26 bits per heavy atom. The van der Waals surface area contributed by atoms with Crippen LogP contribution in [0.3, 0.4) is 0 Å². The summed E-state index contributed by atoms with van der Waals surface area (Å²) in [6.07, 6.45) is 2.13. The van der Waals surface area contributed by atoms with E-state index >= 15 is 0 Å². The van der Waals surface area contributed by atoms with Gasteiger partial charge in [0, 0.05) is 12.5 Å². The number of benzene rings is 1. The minimum atomic E-state index is 0.0872. The third-order valence-electron chi connectivity index (χ3n) is 3.11. The molecule has 0 aromatic heterocycles. The molecule has 4 nitrogen and oxygen atoms in total. The summed E-state index contributed by atoms with van der Waals surface area (Å²) in [7, 11) is 3.22. The molecule has 1 N–H and O–H groups in total. The van der Waals surface area contributed by atoms with Crippen LogP contribution in [-0.2, 0) is 11.2 Å². The fraction of sp³-hybridized carbons (Fsp3) is 0.533. The summed E-state index contributed by atoms with van der Waals surface area (Å²) in [4.78, 5) is 11.7. The van der Waals surface area contributed by atoms with Crippen LogP contribution in [0.4, 0.5) is 0 Å². The molecule has 0 radical (unpaired) electrons. The van der Waals surface area contributed by atoms with E-state index in [1.54, 1.807) is 14.2 Å². The molecular formula is C15H23NO3. The van der Waals surface area contributed by atoms with Gasteiger partial charge in [0.2, 0.25) is 5.91 Å². The first-order valence-corrected chi connectivity index (χ1v) is 6.61. The van der Waals surface area contributed by atoms with Crippen LogP contribution in [0.5, 0.6) is 11.5 Å². The molecule has 1 rings (SSSR count). The normalized spacial score (nSPS) is 11.8. The predicted octanol–water partition coefficient (Wildman–Crippen LogP) is 2.55. The van der Waals surface area contributed by atoms with Crippen LogP contribution in [0.2, 0.25) is 0 Å². The number of methoxy groups -OCH3 is 2. The quantitative estimate of drug-likeness (QED) is 0.824. The van der Waals surface area contributed by atoms with Gasteiger partial charge in [0.25, 0.3) is 0 Å². The maximum absolute atomic E-state index is 11.7. The molecule has 0 unspecified atom stereocenters. The van der Waals surface area contributed by atoms with E-state index in [0.29, 0.717) is 24.3 Å². The molecule has 0 spiro atoms. The number of hydrogen-bond donors (Lipinski definition) is 1. The van der Waals surface area contributed by atoms with E-state index in [-0.39, 0.29) is 11.9 Å². The fourth-order valence-electron chi connectivity index (χ4n) is 1.74. The van der Waals surface area contributed by atoms with Gasteiger partial charge in [-0.25, -0.2) is 0 Å². The molecule has 0 fully saturated rings. The Balaban J connectivity index is 2.56. The van der Waals surface area contributed by atoms with Gasteiger partial charge >= 0.3 is 0 Å². The number of hydrogen-bond acceptors (Lipinski definition) is 3. The number of carbonyl (C=O) groups is 1. The van der Waals surface area contributed by atoms with E-state index in [1.165, 1.54) is 0 Å². The van der Waals surface area contributed by atoms with Gasteiger partial charge in [0.15, 0.2) is 11.5 Å². The molecule has 1 amide bonds. The summed E-state index contributed by atoms with van der Waals surface area (Å²) < 4.78 is 10.4. The van der Waals surface area contributed by atoms with E-state index in [0.717, 1.165) is 12.0 Å². The van der Waals surface area contributed by atoms with Crippen molar-refractivity contribution < 1.29 is 14.3 Å². The van der Waals surface area contributed by atoms with Crippen LogP contribution in [0.25, 0.3) is 0 Å². The van der Waals surface area contributed by atoms with Gasteiger partial charge in [-0.05, 0) is 37.5 Å². The Hall–Kier alpha value is -1.71. The van der Waals surface area contributed by atoms with Gasteiger partial charge in [0.05, 0.1) is 14.2 Å². The SMILES string of the molecule is CC[C@@H](C)NC(=O)CCc1ccc(OC)c(OC)c1. The maximum Gasteiger partial charge on any atom is 0.220 e. The van der Waals surface area contributed by atoms with Gasteiger partial charge in [-0.1, -0.05) is 13.0 Å². The Labute approximate surface area is 115 Å². The third-order valence-corrected chi connectivity index (χ3v) is 3.11. The molecule has 0 bridgehead atoms. The van der Waals surface area contributed by atoms with Crippen molar-refractivity contribution in [3.63, 3.8) is 0 Å². The highest BCUT2D eigenvalue weighted by atomic mass is 16.5. The smallest absolute Gasteiger partial charge is 0.220 e. The average molecular weight is 265 g/mol. The van der Waals surface area contributed by atoms with Crippen LogP contribution in [0.15, 0.2) is 18.2 Å². The van der Waals surface area contributed by atoms with Crippen molar-refractivity contribution in [3.8, 4) is 11.5 Å². The predicted molar refractivity (Wildman–Crippen MR) is 75.8 cm³/mol. The minimum absolute atomic E-state index is 0.0872. The summed E-state index contributed by atoms with van der Waals surface area (Å²) >= 11 is 0. The molecule has 0 saturated heterocycles. The van der Waals surface area contributed by atoms with Gasteiger partial charge in [-0.3, -0.25) is 4.79 Å². The lowest BCUT2D eigenvalue weighted by Crippen LogP contribution is -2.31. The lowest BCUT2D eigenvalue weighted by atomic mass is 10.1. The average Bonchev–Trinajstić information content (AvgIpc) is 2.44. The second kappa shape index (κ2) is 7.67. The number of aryl methyl sites for hydroxylation is 1. The molecule has 0 saturated carbocycles. The van der Waals surface area contributed by atoms with Crippen molar-refractivity contribution in [2.75, 3.05) is 14.2 Å². The van der Waals surface area contributed by atoms with Crippen molar-refractivity contribution >= 4 is 5.91 Å². The van der Waals surface area contributed by atoms with E-state index in [4.69, 9.17) is 9.47 Å². The van der Waals surface area contributed by atoms with E-state index in [1.807, 2.05) is 25.1 Å². The maximum atomic E-state index is 11.7. The summed E-state index contributed by atoms with van der Waals surface area (Å²) in [5.74, 6) is 1.49. The Morgan fingerprint density at radius 2 is 1.95 bits per heavy atom. The second-order valence-electron chi connectivity index (χ2n) is 4.57. The van der Waals surface area contributed by atoms with Crippen molar-refractivity contribution in [1.29, 1.82) is 0 Å². The number of amides is 1. The molecule has 106 valence electrons. The van der Waals surface area contributed by atoms with Crippen LogP contribution in [0.1, 0.15) is 32.3 Å². The Bertz CT molecular complexity index is 418. The molecule has 0 heterocycles. The Morgan fingerprint density at radius 3 is 2.53 bits per heavy atom. The van der Waals surface area contributed by atoms with E-state index in [9.17, 15) is 4.79 Å². The molecule has 1 aromatic carbocycles. The van der Waals surface area contributed by atoms with Crippen LogP contribution < -0.4 is 14.8 Å². The van der Waals surface area contributed by atoms with Crippen molar-refractivity contribution in [2.24, 2.45) is 0 Å². The second-order valence-corrected chi connectivity index (χ2v) is 4.57. The highest BCUT2D eigenvalue weighted by Crippen LogP contribution is 2.27. The first-order chi connectivity index (χ1) is 9.10. The first-order valence-electron chi connectivity index (χ1n) is 6.61. The van der Waals surface area contributed by atoms with E-state index < -0.39 is 0 Å². The summed E-state index contributed by atoms with van der Waals surface area (Å²) in [6, 6.07) is 5.96. The molecular weight excluding hydrogens is 242 g/mol. The van der Waals surface area contributed by atoms with Crippen molar-refractivity contribution in [1.82, 2.24) is 5.32 Å². The zero-order valence-electron chi connectivity index (χ0n) is 12.2. The van der Waals surface area contributed by atoms with Crippen LogP contribution in [0, 0.1) is 0 Å². The molecule has 0 aliphatic heterocycles. The first kappa shape index (κ1) is 15.3. The minimum Gasteiger partial charge on any atom is -0.493 e. The number of carbonyl (C=O) groups excluding carboxylic acids is 1. The van der Waals surface area contributed by atoms with E-state index in [2.05, 4.69) is 12.2 Å².